The fraction of sp³-hybridized carbons (Fsp3) is 1.00. The quantitative estimate of drug-likeness (QED) is 0.851. The molecule has 1 heterocycles. The van der Waals surface area contributed by atoms with Crippen molar-refractivity contribution in [2.45, 2.75) is 75.9 Å². The van der Waals surface area contributed by atoms with E-state index < -0.39 is 0 Å². The predicted molar refractivity (Wildman–Crippen MR) is 81.6 cm³/mol. The van der Waals surface area contributed by atoms with Crippen LogP contribution in [0.5, 0.6) is 0 Å². The number of nitrogens with one attached hydrogen (secondary N) is 1. The van der Waals surface area contributed by atoms with E-state index in [1.165, 1.54) is 38.8 Å². The lowest BCUT2D eigenvalue weighted by molar-refractivity contribution is -0.0206. The van der Waals surface area contributed by atoms with Gasteiger partial charge in [-0.3, -0.25) is 0 Å². The maximum absolute atomic E-state index is 4.15. The highest BCUT2D eigenvalue weighted by Crippen LogP contribution is 2.53. The summed E-state index contributed by atoms with van der Waals surface area (Å²) in [5.41, 5.74) is 0. The molecule has 0 unspecified atom stereocenters. The molecule has 2 nitrogen and oxygen atoms in total. The molecule has 1 N–H and O–H groups in total. The molecule has 0 aromatic carbocycles. The van der Waals surface area contributed by atoms with Crippen LogP contribution in [0.25, 0.3) is 0 Å². The average molecular weight is 274 g/mol. The molecule has 5 saturated carbocycles. The standard InChI is InChI=1S/C18H30N2/c1-2-17(1)20-5-3-16(4-6-20)19-18-14-8-12-7-13(10-14)11-15(18)9-12/h12-19H,1-11H2. The van der Waals surface area contributed by atoms with Crippen molar-refractivity contribution in [2.75, 3.05) is 13.1 Å². The van der Waals surface area contributed by atoms with E-state index in [-0.39, 0.29) is 0 Å². The van der Waals surface area contributed by atoms with Crippen molar-refractivity contribution >= 4 is 0 Å². The minimum atomic E-state index is 0.840. The summed E-state index contributed by atoms with van der Waals surface area (Å²) >= 11 is 0. The zero-order valence-electron chi connectivity index (χ0n) is 12.8. The van der Waals surface area contributed by atoms with Gasteiger partial charge in [0, 0.05) is 18.1 Å². The maximum atomic E-state index is 4.15. The van der Waals surface area contributed by atoms with Crippen molar-refractivity contribution in [2.24, 2.45) is 23.7 Å². The first-order valence-electron chi connectivity index (χ1n) is 9.35. The molecule has 1 saturated heterocycles. The third kappa shape index (κ3) is 2.14. The lowest BCUT2D eigenvalue weighted by Crippen LogP contribution is -2.58. The Hall–Kier alpha value is -0.0800. The molecule has 0 spiro atoms. The van der Waals surface area contributed by atoms with Crippen LogP contribution >= 0.6 is 0 Å². The Bertz CT molecular complexity index is 340. The number of nitrogens with zero attached hydrogens (tertiary/aromatic N) is 1. The minimum Gasteiger partial charge on any atom is -0.311 e. The van der Waals surface area contributed by atoms with Crippen LogP contribution in [0.4, 0.5) is 0 Å². The van der Waals surface area contributed by atoms with Gasteiger partial charge < -0.3 is 10.2 Å². The van der Waals surface area contributed by atoms with E-state index in [1.54, 1.807) is 32.1 Å². The van der Waals surface area contributed by atoms with Crippen LogP contribution < -0.4 is 5.32 Å². The van der Waals surface area contributed by atoms with Crippen LogP contribution in [-0.2, 0) is 0 Å². The molecule has 0 atom stereocenters. The van der Waals surface area contributed by atoms with E-state index in [1.807, 2.05) is 0 Å². The fourth-order valence-corrected chi connectivity index (χ4v) is 6.34. The SMILES string of the molecule is C1C2CC3CC1CC(C2)C3NC1CCN(C2CC2)CC1. The van der Waals surface area contributed by atoms with E-state index in [2.05, 4.69) is 10.2 Å². The Morgan fingerprint density at radius 3 is 1.85 bits per heavy atom. The molecular weight excluding hydrogens is 244 g/mol. The molecule has 0 amide bonds. The van der Waals surface area contributed by atoms with Crippen molar-refractivity contribution in [3.05, 3.63) is 0 Å². The predicted octanol–water partition coefficient (Wildman–Crippen LogP) is 3.03. The van der Waals surface area contributed by atoms with Gasteiger partial charge in [0.2, 0.25) is 0 Å². The molecule has 0 aromatic heterocycles. The van der Waals surface area contributed by atoms with Gasteiger partial charge in [-0.25, -0.2) is 0 Å². The molecule has 6 fully saturated rings. The Labute approximate surface area is 123 Å². The number of hydrogen-bond acceptors (Lipinski definition) is 2. The van der Waals surface area contributed by atoms with E-state index >= 15 is 0 Å². The third-order valence-electron chi connectivity index (χ3n) is 7.25. The number of likely N-dealkylation sites (tertiary alicyclic amines) is 1. The lowest BCUT2D eigenvalue weighted by Gasteiger charge is -2.55. The molecule has 1 aliphatic heterocycles. The summed E-state index contributed by atoms with van der Waals surface area (Å²) in [4.78, 5) is 2.76. The molecule has 20 heavy (non-hydrogen) atoms. The molecular formula is C18H30N2. The molecule has 112 valence electrons. The summed E-state index contributed by atoms with van der Waals surface area (Å²) in [5, 5.41) is 4.15. The smallest absolute Gasteiger partial charge is 0.0127 e. The summed E-state index contributed by atoms with van der Waals surface area (Å²) in [6.07, 6.45) is 13.6. The van der Waals surface area contributed by atoms with Crippen LogP contribution in [0.1, 0.15) is 57.8 Å². The second-order valence-electron chi connectivity index (χ2n) is 8.66. The lowest BCUT2D eigenvalue weighted by atomic mass is 9.54. The van der Waals surface area contributed by atoms with Crippen molar-refractivity contribution in [1.82, 2.24) is 10.2 Å². The van der Waals surface area contributed by atoms with Crippen molar-refractivity contribution < 1.29 is 0 Å². The van der Waals surface area contributed by atoms with E-state index in [0.29, 0.717) is 0 Å². The first-order valence-corrected chi connectivity index (χ1v) is 9.35. The molecule has 0 aromatic rings. The number of hydrogen-bond donors (Lipinski definition) is 1. The minimum absolute atomic E-state index is 0.840. The summed E-state index contributed by atoms with van der Waals surface area (Å²) in [7, 11) is 0. The molecule has 6 rings (SSSR count). The Kier molecular flexibility index (Phi) is 2.93. The maximum Gasteiger partial charge on any atom is 0.0127 e. The molecule has 2 heteroatoms. The van der Waals surface area contributed by atoms with Crippen molar-refractivity contribution in [1.29, 1.82) is 0 Å². The molecule has 0 radical (unpaired) electrons. The van der Waals surface area contributed by atoms with E-state index in [9.17, 15) is 0 Å². The first-order chi connectivity index (χ1) is 9.85. The molecule has 6 aliphatic rings. The first kappa shape index (κ1) is 12.5. The van der Waals surface area contributed by atoms with Crippen LogP contribution in [0, 0.1) is 23.7 Å². The second kappa shape index (κ2) is 4.71. The van der Waals surface area contributed by atoms with Gasteiger partial charge in [0.05, 0.1) is 0 Å². The van der Waals surface area contributed by atoms with Gasteiger partial charge in [-0.15, -0.1) is 0 Å². The highest BCUT2D eigenvalue weighted by molar-refractivity contribution is 5.02. The highest BCUT2D eigenvalue weighted by atomic mass is 15.2. The van der Waals surface area contributed by atoms with Gasteiger partial charge in [-0.2, -0.15) is 0 Å². The van der Waals surface area contributed by atoms with Crippen LogP contribution in [0.2, 0.25) is 0 Å². The third-order valence-corrected chi connectivity index (χ3v) is 7.25. The van der Waals surface area contributed by atoms with Crippen LogP contribution in [-0.4, -0.2) is 36.1 Å². The van der Waals surface area contributed by atoms with Crippen LogP contribution in [0.15, 0.2) is 0 Å². The van der Waals surface area contributed by atoms with Gasteiger partial charge in [-0.1, -0.05) is 0 Å². The summed E-state index contributed by atoms with van der Waals surface area (Å²) in [5.74, 6) is 4.33. The van der Waals surface area contributed by atoms with Gasteiger partial charge in [0.15, 0.2) is 0 Å². The highest BCUT2D eigenvalue weighted by Gasteiger charge is 2.48. The fourth-order valence-electron chi connectivity index (χ4n) is 6.34. The van der Waals surface area contributed by atoms with Gasteiger partial charge in [-0.05, 0) is 94.5 Å². The summed E-state index contributed by atoms with van der Waals surface area (Å²) in [6.45, 7) is 2.74. The monoisotopic (exact) mass is 274 g/mol. The topological polar surface area (TPSA) is 15.3 Å². The zero-order valence-corrected chi connectivity index (χ0v) is 12.8. The molecule has 4 bridgehead atoms. The Morgan fingerprint density at radius 1 is 0.700 bits per heavy atom. The van der Waals surface area contributed by atoms with Gasteiger partial charge in [0.1, 0.15) is 0 Å². The Morgan fingerprint density at radius 2 is 1.30 bits per heavy atom. The number of piperidine rings is 1. The normalized spacial score (nSPS) is 48.9. The Balaban J connectivity index is 1.20. The number of rotatable bonds is 3. The second-order valence-corrected chi connectivity index (χ2v) is 8.66. The summed E-state index contributed by atoms with van der Waals surface area (Å²) in [6, 6.07) is 2.73. The average Bonchev–Trinajstić information content (AvgIpc) is 3.27. The van der Waals surface area contributed by atoms with Gasteiger partial charge in [0.25, 0.3) is 0 Å². The van der Waals surface area contributed by atoms with Crippen molar-refractivity contribution in [3.63, 3.8) is 0 Å². The van der Waals surface area contributed by atoms with Gasteiger partial charge >= 0.3 is 0 Å². The van der Waals surface area contributed by atoms with E-state index in [0.717, 1.165) is 41.8 Å². The molecule has 5 aliphatic carbocycles. The van der Waals surface area contributed by atoms with E-state index in [4.69, 9.17) is 0 Å². The zero-order chi connectivity index (χ0) is 13.1. The largest absolute Gasteiger partial charge is 0.311 e. The summed E-state index contributed by atoms with van der Waals surface area (Å²) < 4.78 is 0. The van der Waals surface area contributed by atoms with Crippen molar-refractivity contribution in [3.8, 4) is 0 Å². The van der Waals surface area contributed by atoms with Crippen LogP contribution in [0.3, 0.4) is 0 Å².